The van der Waals surface area contributed by atoms with E-state index >= 15 is 0 Å². The second kappa shape index (κ2) is 6.92. The number of hydrogen-bond donors (Lipinski definition) is 0. The highest BCUT2D eigenvalue weighted by atomic mass is 15.0. The molecule has 0 N–H and O–H groups in total. The minimum absolute atomic E-state index is 2.00. The lowest BCUT2D eigenvalue weighted by atomic mass is 11.0. The summed E-state index contributed by atoms with van der Waals surface area (Å²) in [5.41, 5.74) is 0. The molecule has 0 amide bonds. The van der Waals surface area contributed by atoms with Gasteiger partial charge in [0.1, 0.15) is 0 Å². The third-order valence-corrected chi connectivity index (χ3v) is 0. The highest BCUT2D eigenvalue weighted by molar-refractivity contribution is 4.09. The fourth-order valence-corrected chi connectivity index (χ4v) is 0. The molecular weight excluding hydrogens is 100 g/mol. The number of nitrogens with zero attached hydrogens (tertiary/aromatic N) is 2. The Balaban J connectivity index is 0. The summed E-state index contributed by atoms with van der Waals surface area (Å²) in [6, 6.07) is 0. The van der Waals surface area contributed by atoms with Crippen LogP contribution in [-0.4, -0.2) is 52.1 Å². The van der Waals surface area contributed by atoms with E-state index in [2.05, 4.69) is 0 Å². The van der Waals surface area contributed by atoms with Crippen molar-refractivity contribution in [1.82, 2.24) is 9.80 Å². The number of rotatable bonds is 0. The molecule has 0 aromatic heterocycles. The van der Waals surface area contributed by atoms with E-state index in [1.54, 1.807) is 0 Å². The predicted octanol–water partition coefficient (Wildman–Crippen LogP) is 0.356. The van der Waals surface area contributed by atoms with Gasteiger partial charge in [0.15, 0.2) is 0 Å². The molecule has 0 aromatic carbocycles. The summed E-state index contributed by atoms with van der Waals surface area (Å²) in [5.74, 6) is 0. The standard InChI is InChI=1S/2C3H9N/c2*1-4(2)3/h2*1-3H3. The molecule has 0 radical (unpaired) electrons. The first-order valence-electron chi connectivity index (χ1n) is 2.68. The Morgan fingerprint density at radius 1 is 0.500 bits per heavy atom. The van der Waals surface area contributed by atoms with Crippen LogP contribution in [0, 0.1) is 0 Å². The van der Waals surface area contributed by atoms with Gasteiger partial charge in [-0.1, -0.05) is 0 Å². The molecule has 0 aromatic rings. The van der Waals surface area contributed by atoms with Crippen molar-refractivity contribution < 1.29 is 0 Å². The molecule has 0 heterocycles. The van der Waals surface area contributed by atoms with Crippen LogP contribution in [0.3, 0.4) is 0 Å². The first-order valence-corrected chi connectivity index (χ1v) is 2.68. The second-order valence-electron chi connectivity index (χ2n) is 2.68. The SMILES string of the molecule is CN(C)C.CN(C)C. The summed E-state index contributed by atoms with van der Waals surface area (Å²) >= 11 is 0. The van der Waals surface area contributed by atoms with Crippen molar-refractivity contribution in [2.24, 2.45) is 0 Å². The van der Waals surface area contributed by atoms with E-state index in [0.717, 1.165) is 0 Å². The van der Waals surface area contributed by atoms with Crippen LogP contribution in [0.25, 0.3) is 0 Å². The summed E-state index contributed by atoms with van der Waals surface area (Å²) < 4.78 is 0. The van der Waals surface area contributed by atoms with Gasteiger partial charge in [-0.15, -0.1) is 0 Å². The van der Waals surface area contributed by atoms with Gasteiger partial charge in [-0.3, -0.25) is 0 Å². The first kappa shape index (κ1) is 10.8. The molecule has 8 heavy (non-hydrogen) atoms. The Morgan fingerprint density at radius 3 is 0.500 bits per heavy atom. The third kappa shape index (κ3) is 22400. The van der Waals surface area contributed by atoms with Gasteiger partial charge in [0.25, 0.3) is 0 Å². The summed E-state index contributed by atoms with van der Waals surface area (Å²) in [6.07, 6.45) is 0. The van der Waals surface area contributed by atoms with E-state index in [0.29, 0.717) is 0 Å². The summed E-state index contributed by atoms with van der Waals surface area (Å²) in [6.45, 7) is 0. The highest BCUT2D eigenvalue weighted by Crippen LogP contribution is 1.48. The van der Waals surface area contributed by atoms with E-state index < -0.39 is 0 Å². The summed E-state index contributed by atoms with van der Waals surface area (Å²) in [7, 11) is 12.0. The third-order valence-electron chi connectivity index (χ3n) is 0. The minimum Gasteiger partial charge on any atom is -0.312 e. The van der Waals surface area contributed by atoms with Crippen molar-refractivity contribution in [3.05, 3.63) is 0 Å². The molecule has 0 aliphatic rings. The van der Waals surface area contributed by atoms with Crippen LogP contribution in [0.4, 0.5) is 0 Å². The number of hydrogen-bond acceptors (Lipinski definition) is 2. The normalized spacial score (nSPS) is 9.00. The fourth-order valence-electron chi connectivity index (χ4n) is 0. The lowest BCUT2D eigenvalue weighted by Crippen LogP contribution is -1.99. The molecule has 0 aliphatic heterocycles. The molecule has 0 bridgehead atoms. The molecule has 0 aliphatic carbocycles. The topological polar surface area (TPSA) is 6.48 Å². The van der Waals surface area contributed by atoms with E-state index in [-0.39, 0.29) is 0 Å². The maximum Gasteiger partial charge on any atom is -0.0140 e. The molecule has 0 saturated heterocycles. The molecule has 2 nitrogen and oxygen atoms in total. The smallest absolute Gasteiger partial charge is 0.0140 e. The predicted molar refractivity (Wildman–Crippen MR) is 39.2 cm³/mol. The van der Waals surface area contributed by atoms with Crippen molar-refractivity contribution in [3.63, 3.8) is 0 Å². The zero-order valence-corrected chi connectivity index (χ0v) is 6.89. The van der Waals surface area contributed by atoms with E-state index in [4.69, 9.17) is 0 Å². The average Bonchev–Trinajstić information content (AvgIpc) is 1.25. The largest absolute Gasteiger partial charge is 0.312 e. The minimum atomic E-state index is 2.00. The Bertz CT molecular complexity index is 22.0. The van der Waals surface area contributed by atoms with Crippen LogP contribution < -0.4 is 0 Å². The van der Waals surface area contributed by atoms with Crippen molar-refractivity contribution >= 4 is 0 Å². The molecule has 0 unspecified atom stereocenters. The van der Waals surface area contributed by atoms with Crippen LogP contribution in [0.2, 0.25) is 0 Å². The maximum absolute atomic E-state index is 2.00. The van der Waals surface area contributed by atoms with Crippen molar-refractivity contribution in [2.45, 2.75) is 0 Å². The quantitative estimate of drug-likeness (QED) is 0.453. The monoisotopic (exact) mass is 118 g/mol. The molecule has 0 rings (SSSR count). The first-order chi connectivity index (χ1) is 3.46. The van der Waals surface area contributed by atoms with Crippen LogP contribution in [0.15, 0.2) is 0 Å². The Kier molecular flexibility index (Phi) is 9.36. The van der Waals surface area contributed by atoms with Gasteiger partial charge in [-0.05, 0) is 42.3 Å². The lowest BCUT2D eigenvalue weighted by Gasteiger charge is -1.90. The van der Waals surface area contributed by atoms with Gasteiger partial charge < -0.3 is 9.80 Å². The average molecular weight is 118 g/mol. The summed E-state index contributed by atoms with van der Waals surface area (Å²) in [4.78, 5) is 4.00. The van der Waals surface area contributed by atoms with Crippen molar-refractivity contribution in [2.75, 3.05) is 42.3 Å². The lowest BCUT2D eigenvalue weighted by molar-refractivity contribution is 0.505. The zero-order chi connectivity index (χ0) is 7.15. The van der Waals surface area contributed by atoms with Gasteiger partial charge in [0, 0.05) is 0 Å². The van der Waals surface area contributed by atoms with Crippen LogP contribution in [0.5, 0.6) is 0 Å². The van der Waals surface area contributed by atoms with E-state index in [1.807, 2.05) is 52.1 Å². The molecule has 0 atom stereocenters. The van der Waals surface area contributed by atoms with Gasteiger partial charge >= 0.3 is 0 Å². The fraction of sp³-hybridized carbons (Fsp3) is 1.00. The van der Waals surface area contributed by atoms with Gasteiger partial charge in [0.05, 0.1) is 0 Å². The van der Waals surface area contributed by atoms with Crippen LogP contribution in [0.1, 0.15) is 0 Å². The van der Waals surface area contributed by atoms with E-state index in [9.17, 15) is 0 Å². The van der Waals surface area contributed by atoms with Gasteiger partial charge in [-0.2, -0.15) is 0 Å². The molecule has 0 fully saturated rings. The Labute approximate surface area is 53.1 Å². The Morgan fingerprint density at radius 2 is 0.500 bits per heavy atom. The van der Waals surface area contributed by atoms with E-state index in [1.165, 1.54) is 0 Å². The maximum atomic E-state index is 2.00. The zero-order valence-electron chi connectivity index (χ0n) is 6.89. The molecule has 0 saturated carbocycles. The molecule has 0 spiro atoms. The van der Waals surface area contributed by atoms with Crippen molar-refractivity contribution in [3.8, 4) is 0 Å². The van der Waals surface area contributed by atoms with Crippen LogP contribution in [-0.2, 0) is 0 Å². The molecule has 52 valence electrons. The highest BCUT2D eigenvalue weighted by Gasteiger charge is 1.58. The molecular formula is C6H18N2. The summed E-state index contributed by atoms with van der Waals surface area (Å²) in [5, 5.41) is 0. The van der Waals surface area contributed by atoms with Crippen molar-refractivity contribution in [1.29, 1.82) is 0 Å². The molecule has 2 heteroatoms. The van der Waals surface area contributed by atoms with Crippen LogP contribution >= 0.6 is 0 Å². The second-order valence-corrected chi connectivity index (χ2v) is 2.68. The Hall–Kier alpha value is -0.0800. The van der Waals surface area contributed by atoms with Gasteiger partial charge in [0.2, 0.25) is 0 Å². The van der Waals surface area contributed by atoms with Gasteiger partial charge in [-0.25, -0.2) is 0 Å².